The highest BCUT2D eigenvalue weighted by molar-refractivity contribution is 5.76. The zero-order valence-electron chi connectivity index (χ0n) is 25.5. The minimum absolute atomic E-state index is 0.140. The van der Waals surface area contributed by atoms with Crippen LogP contribution in [0, 0.1) is 29.1 Å². The summed E-state index contributed by atoms with van der Waals surface area (Å²) in [5, 5.41) is 21.1. The highest BCUT2D eigenvalue weighted by atomic mass is 19.1. The van der Waals surface area contributed by atoms with Crippen LogP contribution in [-0.2, 0) is 16.0 Å². The van der Waals surface area contributed by atoms with Crippen LogP contribution in [0.5, 0.6) is 5.75 Å². The van der Waals surface area contributed by atoms with E-state index >= 15 is 4.39 Å². The molecule has 0 saturated heterocycles. The van der Waals surface area contributed by atoms with Crippen LogP contribution in [0.15, 0.2) is 18.2 Å². The summed E-state index contributed by atoms with van der Waals surface area (Å²) in [4.78, 5) is 15.1. The number of aliphatic hydroxyl groups excluding tert-OH is 1. The molecule has 6 heteroatoms. The first-order valence-electron chi connectivity index (χ1n) is 16.7. The van der Waals surface area contributed by atoms with Gasteiger partial charge in [0.2, 0.25) is 5.91 Å². The number of carbonyl (C=O) groups excluding carboxylic acids is 1. The molecule has 0 aliphatic heterocycles. The van der Waals surface area contributed by atoms with Crippen LogP contribution in [0.25, 0.3) is 0 Å². The molecule has 3 saturated carbocycles. The fourth-order valence-corrected chi connectivity index (χ4v) is 9.44. The van der Waals surface area contributed by atoms with E-state index in [1.54, 1.807) is 13.2 Å². The predicted octanol–water partition coefficient (Wildman–Crippen LogP) is 7.18. The molecule has 2 N–H and O–H groups in total. The van der Waals surface area contributed by atoms with Gasteiger partial charge in [-0.15, -0.1) is 0 Å². The molecule has 0 aromatic heterocycles. The second kappa shape index (κ2) is 13.8. The number of carbonyl (C=O) groups is 1. The number of aromatic hydroxyl groups is 1. The van der Waals surface area contributed by atoms with Crippen molar-refractivity contribution in [1.82, 2.24) is 4.90 Å². The molecule has 3 fully saturated rings. The van der Waals surface area contributed by atoms with Gasteiger partial charge in [0.05, 0.1) is 12.7 Å². The molecule has 0 bridgehead atoms. The zero-order chi connectivity index (χ0) is 29.0. The van der Waals surface area contributed by atoms with Gasteiger partial charge in [-0.05, 0) is 97.3 Å². The first kappa shape index (κ1) is 30.8. The van der Waals surface area contributed by atoms with Gasteiger partial charge in [0.25, 0.3) is 0 Å². The molecule has 0 spiro atoms. The van der Waals surface area contributed by atoms with E-state index in [-0.39, 0.29) is 28.9 Å². The van der Waals surface area contributed by atoms with Crippen LogP contribution in [0.1, 0.15) is 114 Å². The molecule has 0 heterocycles. The Morgan fingerprint density at radius 2 is 1.88 bits per heavy atom. The number of alkyl halides is 1. The van der Waals surface area contributed by atoms with Crippen molar-refractivity contribution < 1.29 is 24.1 Å². The molecule has 4 aliphatic rings. The minimum Gasteiger partial charge on any atom is -0.508 e. The van der Waals surface area contributed by atoms with Crippen molar-refractivity contribution in [1.29, 1.82) is 0 Å². The second-order valence-corrected chi connectivity index (χ2v) is 14.1. The van der Waals surface area contributed by atoms with Gasteiger partial charge < -0.3 is 19.8 Å². The van der Waals surface area contributed by atoms with Crippen LogP contribution < -0.4 is 0 Å². The van der Waals surface area contributed by atoms with Gasteiger partial charge in [-0.1, -0.05) is 57.9 Å². The maximum absolute atomic E-state index is 16.0. The van der Waals surface area contributed by atoms with Gasteiger partial charge in [0.15, 0.2) is 0 Å². The third-order valence-corrected chi connectivity index (χ3v) is 11.7. The van der Waals surface area contributed by atoms with Crippen molar-refractivity contribution in [2.75, 3.05) is 26.8 Å². The van der Waals surface area contributed by atoms with E-state index in [2.05, 4.69) is 6.92 Å². The van der Waals surface area contributed by atoms with Gasteiger partial charge >= 0.3 is 0 Å². The number of halogens is 1. The van der Waals surface area contributed by atoms with Crippen LogP contribution in [0.2, 0.25) is 0 Å². The number of ether oxygens (including phenoxy) is 1. The smallest absolute Gasteiger partial charge is 0.222 e. The number of aliphatic hydroxyl groups is 1. The minimum atomic E-state index is -0.964. The number of fused-ring (bicyclic) bond motifs is 5. The van der Waals surface area contributed by atoms with E-state index < -0.39 is 12.3 Å². The highest BCUT2D eigenvalue weighted by Gasteiger charge is 2.59. The molecule has 7 atom stereocenters. The van der Waals surface area contributed by atoms with Gasteiger partial charge in [-0.25, -0.2) is 4.39 Å². The number of benzene rings is 1. The first-order chi connectivity index (χ1) is 19.8. The number of phenolic OH excluding ortho intramolecular Hbond substituents is 1. The Labute approximate surface area is 247 Å². The maximum Gasteiger partial charge on any atom is 0.222 e. The lowest BCUT2D eigenvalue weighted by Gasteiger charge is -2.54. The van der Waals surface area contributed by atoms with E-state index in [0.717, 1.165) is 75.0 Å². The number of unbranched alkanes of at least 4 members (excludes halogenated alkanes) is 2. The van der Waals surface area contributed by atoms with Gasteiger partial charge in [-0.3, -0.25) is 4.79 Å². The lowest BCUT2D eigenvalue weighted by Crippen LogP contribution is -2.51. The Bertz CT molecular complexity index is 1010. The quantitative estimate of drug-likeness (QED) is 0.261. The number of amides is 1. The van der Waals surface area contributed by atoms with Crippen molar-refractivity contribution in [3.63, 3.8) is 0 Å². The average molecular weight is 572 g/mol. The fraction of sp³-hybridized carbons (Fsp3) is 0.800. The number of methoxy groups -OCH3 is 1. The number of rotatable bonds is 12. The van der Waals surface area contributed by atoms with Crippen molar-refractivity contribution >= 4 is 5.91 Å². The molecule has 41 heavy (non-hydrogen) atoms. The zero-order valence-corrected chi connectivity index (χ0v) is 25.5. The van der Waals surface area contributed by atoms with Crippen LogP contribution in [0.4, 0.5) is 4.39 Å². The van der Waals surface area contributed by atoms with E-state index in [4.69, 9.17) is 4.74 Å². The van der Waals surface area contributed by atoms with Gasteiger partial charge in [0.1, 0.15) is 11.9 Å². The largest absolute Gasteiger partial charge is 0.508 e. The van der Waals surface area contributed by atoms with Crippen molar-refractivity contribution in [2.45, 2.75) is 121 Å². The number of phenols is 1. The van der Waals surface area contributed by atoms with Gasteiger partial charge in [-0.2, -0.15) is 0 Å². The molecule has 230 valence electrons. The predicted molar refractivity (Wildman–Crippen MR) is 161 cm³/mol. The average Bonchev–Trinajstić information content (AvgIpc) is 3.26. The lowest BCUT2D eigenvalue weighted by molar-refractivity contribution is -0.132. The molecular formula is C35H54FNO4. The molecule has 5 rings (SSSR count). The standard InChI is InChI=1S/C35H54FNO4/c1-35-23-30(36)34-28-14-13-27(38)22-26(28)21-25(33(34)29(35)15-16-31(35)39)11-7-4-8-18-37(19-20-41-2)32(40)17-12-24-9-5-3-6-10-24/h13-14,22,24-25,29-31,33-34,38-39H,3-12,15-21,23H2,1-2H3/t25-,29+,30+,31+,33+,34+,35+/m1/s1. The third kappa shape index (κ3) is 6.79. The van der Waals surface area contributed by atoms with Crippen molar-refractivity contribution in [3.8, 4) is 5.75 Å². The molecule has 0 unspecified atom stereocenters. The second-order valence-electron chi connectivity index (χ2n) is 14.1. The highest BCUT2D eigenvalue weighted by Crippen LogP contribution is 2.63. The Hall–Kier alpha value is -1.66. The molecular weight excluding hydrogens is 517 g/mol. The summed E-state index contributed by atoms with van der Waals surface area (Å²) in [7, 11) is 1.70. The Morgan fingerprint density at radius 1 is 1.07 bits per heavy atom. The Kier molecular flexibility index (Phi) is 10.3. The summed E-state index contributed by atoms with van der Waals surface area (Å²) in [5.41, 5.74) is 1.85. The fourth-order valence-electron chi connectivity index (χ4n) is 9.44. The SMILES string of the molecule is COCCN(CCCCC[C@@H]1Cc2cc(O)ccc2[C@@H]2[C@@H]1[C@@H]1CC[C@H](O)[C@@]1(C)C[C@@H]2F)C(=O)CCC1CCCCC1. The summed E-state index contributed by atoms with van der Waals surface area (Å²) in [6.45, 7) is 4.14. The summed E-state index contributed by atoms with van der Waals surface area (Å²) in [6.07, 6.45) is 14.0. The third-order valence-electron chi connectivity index (χ3n) is 11.7. The monoisotopic (exact) mass is 571 g/mol. The molecule has 1 aromatic rings. The van der Waals surface area contributed by atoms with E-state index in [1.165, 1.54) is 32.1 Å². The number of hydrogen-bond donors (Lipinski definition) is 2. The molecule has 4 aliphatic carbocycles. The Balaban J connectivity index is 1.18. The molecule has 1 amide bonds. The van der Waals surface area contributed by atoms with Crippen LogP contribution in [0.3, 0.4) is 0 Å². The topological polar surface area (TPSA) is 70.0 Å². The van der Waals surface area contributed by atoms with E-state index in [1.807, 2.05) is 17.0 Å². The van der Waals surface area contributed by atoms with Crippen molar-refractivity contribution in [2.24, 2.45) is 29.1 Å². The number of hydrogen-bond acceptors (Lipinski definition) is 4. The summed E-state index contributed by atoms with van der Waals surface area (Å²) >= 11 is 0. The molecule has 1 aromatic carbocycles. The van der Waals surface area contributed by atoms with Crippen LogP contribution in [-0.4, -0.2) is 60.1 Å². The van der Waals surface area contributed by atoms with Crippen LogP contribution >= 0.6 is 0 Å². The number of nitrogens with zero attached hydrogens (tertiary/aromatic N) is 1. The maximum atomic E-state index is 16.0. The van der Waals surface area contributed by atoms with Gasteiger partial charge in [0, 0.05) is 32.5 Å². The summed E-state index contributed by atoms with van der Waals surface area (Å²) in [5.74, 6) is 2.04. The summed E-state index contributed by atoms with van der Waals surface area (Å²) in [6, 6.07) is 5.53. The normalized spacial score (nSPS) is 33.2. The molecule has 5 nitrogen and oxygen atoms in total. The first-order valence-corrected chi connectivity index (χ1v) is 16.7. The summed E-state index contributed by atoms with van der Waals surface area (Å²) < 4.78 is 21.3. The van der Waals surface area contributed by atoms with E-state index in [0.29, 0.717) is 37.8 Å². The van der Waals surface area contributed by atoms with Crippen molar-refractivity contribution in [3.05, 3.63) is 29.3 Å². The molecule has 0 radical (unpaired) electrons. The Morgan fingerprint density at radius 3 is 2.66 bits per heavy atom. The lowest BCUT2D eigenvalue weighted by atomic mass is 9.51. The van der Waals surface area contributed by atoms with E-state index in [9.17, 15) is 15.0 Å².